The highest BCUT2D eigenvalue weighted by molar-refractivity contribution is 7.91. The van der Waals surface area contributed by atoms with Gasteiger partial charge in [-0.1, -0.05) is 13.8 Å². The van der Waals surface area contributed by atoms with Crippen molar-refractivity contribution in [1.29, 1.82) is 0 Å². The highest BCUT2D eigenvalue weighted by atomic mass is 35.5. The molecule has 0 saturated heterocycles. The molecule has 0 aliphatic heterocycles. The van der Waals surface area contributed by atoms with Crippen molar-refractivity contribution >= 4 is 33.0 Å². The van der Waals surface area contributed by atoms with Gasteiger partial charge in [0.05, 0.1) is 5.75 Å². The summed E-state index contributed by atoms with van der Waals surface area (Å²) in [5, 5.41) is 3.25. The van der Waals surface area contributed by atoms with Crippen molar-refractivity contribution in [2.75, 3.05) is 29.8 Å². The molecule has 3 nitrogen and oxygen atoms in total. The highest BCUT2D eigenvalue weighted by Gasteiger charge is 2.25. The Balaban J connectivity index is 3.97. The van der Waals surface area contributed by atoms with Gasteiger partial charge in [-0.25, -0.2) is 8.42 Å². The first kappa shape index (κ1) is 16.5. The van der Waals surface area contributed by atoms with E-state index in [9.17, 15) is 8.42 Å². The van der Waals surface area contributed by atoms with Crippen LogP contribution in [0.4, 0.5) is 0 Å². The lowest BCUT2D eigenvalue weighted by Gasteiger charge is -2.29. The van der Waals surface area contributed by atoms with Crippen LogP contribution in [0, 0.1) is 0 Å². The molecule has 0 saturated carbocycles. The Hall–Kier alpha value is 0.490. The van der Waals surface area contributed by atoms with Crippen LogP contribution in [0.5, 0.6) is 0 Å². The maximum absolute atomic E-state index is 11.3. The molecule has 0 aromatic carbocycles. The quantitative estimate of drug-likeness (QED) is 0.522. The zero-order valence-electron chi connectivity index (χ0n) is 9.93. The van der Waals surface area contributed by atoms with Crippen LogP contribution in [0.25, 0.3) is 0 Å². The molecule has 0 rings (SSSR count). The summed E-state index contributed by atoms with van der Waals surface area (Å²) in [5.41, 5.74) is -0.265. The first-order chi connectivity index (χ1) is 7.45. The van der Waals surface area contributed by atoms with E-state index in [0.717, 1.165) is 6.42 Å². The molecule has 0 aromatic heterocycles. The molecule has 0 spiro atoms. The molecule has 0 aromatic rings. The molecule has 16 heavy (non-hydrogen) atoms. The Morgan fingerprint density at radius 1 is 1.19 bits per heavy atom. The molecule has 0 aliphatic rings. The molecule has 0 heterocycles. The van der Waals surface area contributed by atoms with Crippen LogP contribution in [0.2, 0.25) is 0 Å². The van der Waals surface area contributed by atoms with Crippen LogP contribution in [-0.4, -0.2) is 43.8 Å². The van der Waals surface area contributed by atoms with Gasteiger partial charge in [0, 0.05) is 23.1 Å². The predicted molar refractivity (Wildman–Crippen MR) is 71.4 cm³/mol. The Bertz CT molecular complexity index is 268. The maximum Gasteiger partial charge on any atom is 0.150 e. The summed E-state index contributed by atoms with van der Waals surface area (Å²) in [4.78, 5) is 0. The molecule has 0 unspecified atom stereocenters. The average molecular weight is 290 g/mol. The van der Waals surface area contributed by atoms with Crippen molar-refractivity contribution in [3.8, 4) is 0 Å². The summed E-state index contributed by atoms with van der Waals surface area (Å²) in [5.74, 6) is 1.30. The van der Waals surface area contributed by atoms with E-state index in [4.69, 9.17) is 23.2 Å². The molecule has 6 heteroatoms. The summed E-state index contributed by atoms with van der Waals surface area (Å²) in [6, 6.07) is 0. The number of rotatable bonds is 9. The summed E-state index contributed by atoms with van der Waals surface area (Å²) < 4.78 is 22.5. The molecular formula is C10H21Cl2NO2S. The topological polar surface area (TPSA) is 46.2 Å². The van der Waals surface area contributed by atoms with Gasteiger partial charge in [-0.05, 0) is 19.4 Å². The largest absolute Gasteiger partial charge is 0.309 e. The molecule has 98 valence electrons. The van der Waals surface area contributed by atoms with Gasteiger partial charge in [-0.15, -0.1) is 23.2 Å². The second-order valence-electron chi connectivity index (χ2n) is 3.92. The second kappa shape index (κ2) is 7.75. The smallest absolute Gasteiger partial charge is 0.150 e. The van der Waals surface area contributed by atoms with E-state index in [0.29, 0.717) is 24.7 Å². The van der Waals surface area contributed by atoms with Crippen LogP contribution in [0.3, 0.4) is 0 Å². The summed E-state index contributed by atoms with van der Waals surface area (Å²) in [6.45, 7) is 4.31. The van der Waals surface area contributed by atoms with E-state index in [-0.39, 0.29) is 17.0 Å². The number of sulfone groups is 1. The fourth-order valence-electron chi connectivity index (χ4n) is 1.23. The zero-order valence-corrected chi connectivity index (χ0v) is 12.3. The molecule has 1 N–H and O–H groups in total. The van der Waals surface area contributed by atoms with Gasteiger partial charge < -0.3 is 5.32 Å². The van der Waals surface area contributed by atoms with Crippen LogP contribution in [0.1, 0.15) is 26.7 Å². The number of alkyl halides is 2. The van der Waals surface area contributed by atoms with E-state index in [1.54, 1.807) is 6.92 Å². The van der Waals surface area contributed by atoms with Crippen molar-refractivity contribution in [2.24, 2.45) is 0 Å². The third kappa shape index (κ3) is 5.71. The zero-order chi connectivity index (χ0) is 12.7. The monoisotopic (exact) mass is 289 g/mol. The van der Waals surface area contributed by atoms with Crippen LogP contribution >= 0.6 is 23.2 Å². The normalized spacial score (nSPS) is 13.0. The number of nitrogens with one attached hydrogen (secondary N) is 1. The van der Waals surface area contributed by atoms with Crippen LogP contribution in [-0.2, 0) is 9.84 Å². The summed E-state index contributed by atoms with van der Waals surface area (Å²) >= 11 is 11.7. The Morgan fingerprint density at radius 3 is 2.12 bits per heavy atom. The SMILES string of the molecule is CCC(CCl)(CCl)NCCCS(=O)(=O)CC. The van der Waals surface area contributed by atoms with Gasteiger partial charge in [-0.2, -0.15) is 0 Å². The Morgan fingerprint density at radius 2 is 1.75 bits per heavy atom. The molecule has 0 fully saturated rings. The minimum atomic E-state index is -2.86. The van der Waals surface area contributed by atoms with Crippen molar-refractivity contribution < 1.29 is 8.42 Å². The first-order valence-electron chi connectivity index (χ1n) is 5.52. The lowest BCUT2D eigenvalue weighted by molar-refractivity contribution is 0.387. The highest BCUT2D eigenvalue weighted by Crippen LogP contribution is 2.14. The van der Waals surface area contributed by atoms with Gasteiger partial charge in [0.1, 0.15) is 9.84 Å². The van der Waals surface area contributed by atoms with E-state index < -0.39 is 9.84 Å². The maximum atomic E-state index is 11.3. The predicted octanol–water partition coefficient (Wildman–Crippen LogP) is 2.03. The molecule has 0 radical (unpaired) electrons. The number of halogens is 2. The van der Waals surface area contributed by atoms with E-state index in [1.807, 2.05) is 6.92 Å². The van der Waals surface area contributed by atoms with Crippen molar-refractivity contribution in [3.63, 3.8) is 0 Å². The standard InChI is InChI=1S/C10H21Cl2NO2S/c1-3-10(8-11,9-12)13-6-5-7-16(14,15)4-2/h13H,3-9H2,1-2H3. The van der Waals surface area contributed by atoms with Crippen molar-refractivity contribution in [3.05, 3.63) is 0 Å². The molecular weight excluding hydrogens is 269 g/mol. The summed E-state index contributed by atoms with van der Waals surface area (Å²) in [6.07, 6.45) is 1.44. The minimum Gasteiger partial charge on any atom is -0.309 e. The van der Waals surface area contributed by atoms with E-state index in [1.165, 1.54) is 0 Å². The van der Waals surface area contributed by atoms with Gasteiger partial charge in [0.25, 0.3) is 0 Å². The van der Waals surface area contributed by atoms with Gasteiger partial charge >= 0.3 is 0 Å². The second-order valence-corrected chi connectivity index (χ2v) is 6.93. The van der Waals surface area contributed by atoms with E-state index in [2.05, 4.69) is 5.32 Å². The Labute approximate surface area is 109 Å². The molecule has 0 bridgehead atoms. The third-order valence-electron chi connectivity index (χ3n) is 2.76. The third-order valence-corrected chi connectivity index (χ3v) is 5.57. The molecule has 0 atom stereocenters. The van der Waals surface area contributed by atoms with Crippen LogP contribution in [0.15, 0.2) is 0 Å². The fraction of sp³-hybridized carbons (Fsp3) is 1.00. The number of hydrogen-bond donors (Lipinski definition) is 1. The molecule has 0 aliphatic carbocycles. The van der Waals surface area contributed by atoms with Gasteiger partial charge in [0.2, 0.25) is 0 Å². The average Bonchev–Trinajstić information content (AvgIpc) is 2.30. The number of hydrogen-bond acceptors (Lipinski definition) is 3. The van der Waals surface area contributed by atoms with Gasteiger partial charge in [-0.3, -0.25) is 0 Å². The lowest BCUT2D eigenvalue weighted by Crippen LogP contribution is -2.49. The van der Waals surface area contributed by atoms with Crippen molar-refractivity contribution in [1.82, 2.24) is 5.32 Å². The van der Waals surface area contributed by atoms with E-state index >= 15 is 0 Å². The fourth-order valence-corrected chi connectivity index (χ4v) is 2.96. The van der Waals surface area contributed by atoms with Crippen LogP contribution < -0.4 is 5.32 Å². The molecule has 0 amide bonds. The minimum absolute atomic E-state index is 0.205. The lowest BCUT2D eigenvalue weighted by atomic mass is 10.0. The van der Waals surface area contributed by atoms with Crippen molar-refractivity contribution in [2.45, 2.75) is 32.2 Å². The first-order valence-corrected chi connectivity index (χ1v) is 8.41. The Kier molecular flexibility index (Phi) is 7.98. The summed E-state index contributed by atoms with van der Waals surface area (Å²) in [7, 11) is -2.86. The van der Waals surface area contributed by atoms with Gasteiger partial charge in [0.15, 0.2) is 0 Å².